The molecule has 0 amide bonds. The van der Waals surface area contributed by atoms with Crippen LogP contribution < -0.4 is 4.90 Å². The van der Waals surface area contributed by atoms with Gasteiger partial charge in [0.25, 0.3) is 0 Å². The van der Waals surface area contributed by atoms with E-state index in [9.17, 15) is 0 Å². The number of pyridine rings is 1. The first-order valence-corrected chi connectivity index (χ1v) is 7.05. The molecule has 0 fully saturated rings. The molecule has 0 saturated carbocycles. The molecule has 2 nitrogen and oxygen atoms in total. The van der Waals surface area contributed by atoms with Gasteiger partial charge in [-0.15, -0.1) is 0 Å². The van der Waals surface area contributed by atoms with E-state index in [1.165, 1.54) is 11.1 Å². The number of halogens is 1. The number of anilines is 1. The van der Waals surface area contributed by atoms with Gasteiger partial charge in [0.15, 0.2) is 0 Å². The van der Waals surface area contributed by atoms with Gasteiger partial charge in [0.1, 0.15) is 5.82 Å². The maximum Gasteiger partial charge on any atom is 0.128 e. The minimum atomic E-state index is 1.03. The molecule has 0 bridgehead atoms. The van der Waals surface area contributed by atoms with Crippen molar-refractivity contribution in [2.75, 3.05) is 18.0 Å². The first-order chi connectivity index (χ1) is 8.83. The smallest absolute Gasteiger partial charge is 0.128 e. The molecule has 92 valence electrons. The number of hydrogen-bond donors (Lipinski definition) is 0. The summed E-state index contributed by atoms with van der Waals surface area (Å²) in [5, 5.41) is 0. The van der Waals surface area contributed by atoms with Crippen LogP contribution in [-0.4, -0.2) is 18.1 Å². The number of rotatable bonds is 1. The van der Waals surface area contributed by atoms with Gasteiger partial charge in [-0.1, -0.05) is 24.3 Å². The van der Waals surface area contributed by atoms with Gasteiger partial charge in [-0.25, -0.2) is 4.98 Å². The minimum absolute atomic E-state index is 1.03. The number of benzene rings is 1. The summed E-state index contributed by atoms with van der Waals surface area (Å²) in [6, 6.07) is 12.9. The van der Waals surface area contributed by atoms with Crippen LogP contribution in [0.3, 0.4) is 0 Å². The van der Waals surface area contributed by atoms with Gasteiger partial charge in [0.05, 0.1) is 0 Å². The number of aromatic nitrogens is 1. The fraction of sp³-hybridized carbons (Fsp3) is 0.267. The molecule has 0 unspecified atom stereocenters. The van der Waals surface area contributed by atoms with Crippen molar-refractivity contribution in [2.24, 2.45) is 0 Å². The van der Waals surface area contributed by atoms with E-state index >= 15 is 0 Å². The normalized spacial score (nSPS) is 15.1. The van der Waals surface area contributed by atoms with Gasteiger partial charge in [-0.05, 0) is 52.0 Å². The Labute approximate surface area is 116 Å². The molecular weight excluding hydrogens is 288 g/mol. The molecular formula is C15H15BrN2. The van der Waals surface area contributed by atoms with E-state index in [-0.39, 0.29) is 0 Å². The first kappa shape index (κ1) is 11.7. The quantitative estimate of drug-likeness (QED) is 0.802. The third-order valence-corrected chi connectivity index (χ3v) is 3.93. The second-order valence-electron chi connectivity index (χ2n) is 4.59. The van der Waals surface area contributed by atoms with Gasteiger partial charge in [-0.3, -0.25) is 0 Å². The van der Waals surface area contributed by atoms with Crippen molar-refractivity contribution >= 4 is 21.7 Å². The number of nitrogens with zero attached hydrogens (tertiary/aromatic N) is 2. The van der Waals surface area contributed by atoms with Crippen molar-refractivity contribution in [1.82, 2.24) is 4.98 Å². The van der Waals surface area contributed by atoms with Crippen molar-refractivity contribution in [2.45, 2.75) is 12.8 Å². The summed E-state index contributed by atoms with van der Waals surface area (Å²) in [5.74, 6) is 1.08. The van der Waals surface area contributed by atoms with Gasteiger partial charge >= 0.3 is 0 Å². The lowest BCUT2D eigenvalue weighted by atomic mass is 10.0. The van der Waals surface area contributed by atoms with Gasteiger partial charge in [0.2, 0.25) is 0 Å². The van der Waals surface area contributed by atoms with Crippen molar-refractivity contribution in [3.63, 3.8) is 0 Å². The third-order valence-electron chi connectivity index (χ3n) is 3.46. The summed E-state index contributed by atoms with van der Waals surface area (Å²) in [7, 11) is 0. The zero-order chi connectivity index (χ0) is 12.4. The number of hydrogen-bond acceptors (Lipinski definition) is 2. The average Bonchev–Trinajstić information content (AvgIpc) is 2.62. The lowest BCUT2D eigenvalue weighted by molar-refractivity contribution is 0.790. The van der Waals surface area contributed by atoms with Crippen molar-refractivity contribution in [1.29, 1.82) is 0 Å². The molecule has 0 spiro atoms. The molecule has 2 heterocycles. The molecule has 18 heavy (non-hydrogen) atoms. The van der Waals surface area contributed by atoms with Crippen LogP contribution in [-0.2, 0) is 12.8 Å². The van der Waals surface area contributed by atoms with E-state index in [4.69, 9.17) is 0 Å². The molecule has 3 heteroatoms. The summed E-state index contributed by atoms with van der Waals surface area (Å²) < 4.78 is 1.03. The molecule has 1 aliphatic heterocycles. The zero-order valence-electron chi connectivity index (χ0n) is 10.1. The largest absolute Gasteiger partial charge is 0.356 e. The summed E-state index contributed by atoms with van der Waals surface area (Å²) >= 11 is 3.43. The fourth-order valence-electron chi connectivity index (χ4n) is 2.45. The first-order valence-electron chi connectivity index (χ1n) is 6.26. The van der Waals surface area contributed by atoms with Gasteiger partial charge in [-0.2, -0.15) is 0 Å². The van der Waals surface area contributed by atoms with E-state index in [1.54, 1.807) is 0 Å². The highest BCUT2D eigenvalue weighted by Crippen LogP contribution is 2.20. The Hall–Kier alpha value is -1.35. The van der Waals surface area contributed by atoms with Crippen LogP contribution >= 0.6 is 15.9 Å². The Morgan fingerprint density at radius 2 is 1.61 bits per heavy atom. The van der Waals surface area contributed by atoms with Crippen LogP contribution in [0, 0.1) is 0 Å². The Morgan fingerprint density at radius 1 is 0.944 bits per heavy atom. The molecule has 1 aliphatic rings. The minimum Gasteiger partial charge on any atom is -0.356 e. The van der Waals surface area contributed by atoms with E-state index < -0.39 is 0 Å². The van der Waals surface area contributed by atoms with Crippen molar-refractivity contribution in [3.05, 3.63) is 58.2 Å². The van der Waals surface area contributed by atoms with Gasteiger partial charge < -0.3 is 4.90 Å². The predicted molar refractivity (Wildman–Crippen MR) is 78.0 cm³/mol. The SMILES string of the molecule is Brc1ccc(N2CCc3ccccc3CC2)nc1. The summed E-state index contributed by atoms with van der Waals surface area (Å²) in [4.78, 5) is 6.85. The van der Waals surface area contributed by atoms with Crippen LogP contribution in [0.1, 0.15) is 11.1 Å². The monoisotopic (exact) mass is 302 g/mol. The lowest BCUT2D eigenvalue weighted by Gasteiger charge is -2.21. The molecule has 2 aromatic rings. The maximum absolute atomic E-state index is 4.49. The van der Waals surface area contributed by atoms with Crippen LogP contribution in [0.5, 0.6) is 0 Å². The third kappa shape index (κ3) is 2.41. The van der Waals surface area contributed by atoms with E-state index in [0.717, 1.165) is 36.2 Å². The predicted octanol–water partition coefficient (Wildman–Crippen LogP) is 3.45. The molecule has 3 rings (SSSR count). The standard InChI is InChI=1S/C15H15BrN2/c16-14-5-6-15(17-11-14)18-9-7-12-3-1-2-4-13(12)8-10-18/h1-6,11H,7-10H2. The summed E-state index contributed by atoms with van der Waals surface area (Å²) in [6.45, 7) is 2.09. The van der Waals surface area contributed by atoms with E-state index in [2.05, 4.69) is 62.2 Å². The van der Waals surface area contributed by atoms with E-state index in [1.807, 2.05) is 6.20 Å². The van der Waals surface area contributed by atoms with Crippen LogP contribution in [0.4, 0.5) is 5.82 Å². The lowest BCUT2D eigenvalue weighted by Crippen LogP contribution is -2.26. The Bertz CT molecular complexity index is 509. The van der Waals surface area contributed by atoms with Crippen LogP contribution in [0.15, 0.2) is 47.1 Å². The Balaban J connectivity index is 1.80. The van der Waals surface area contributed by atoms with Gasteiger partial charge in [0, 0.05) is 23.8 Å². The van der Waals surface area contributed by atoms with Crippen molar-refractivity contribution in [3.8, 4) is 0 Å². The molecule has 0 atom stereocenters. The van der Waals surface area contributed by atoms with Crippen LogP contribution in [0.2, 0.25) is 0 Å². The van der Waals surface area contributed by atoms with Crippen molar-refractivity contribution < 1.29 is 0 Å². The number of fused-ring (bicyclic) bond motifs is 1. The highest BCUT2D eigenvalue weighted by atomic mass is 79.9. The molecule has 0 radical (unpaired) electrons. The molecule has 0 aliphatic carbocycles. The van der Waals surface area contributed by atoms with E-state index in [0.29, 0.717) is 0 Å². The Kier molecular flexibility index (Phi) is 3.33. The fourth-order valence-corrected chi connectivity index (χ4v) is 2.69. The van der Waals surface area contributed by atoms with Crippen LogP contribution in [0.25, 0.3) is 0 Å². The molecule has 0 saturated heterocycles. The topological polar surface area (TPSA) is 16.1 Å². The average molecular weight is 303 g/mol. The molecule has 1 aromatic carbocycles. The Morgan fingerprint density at radius 3 is 2.17 bits per heavy atom. The summed E-state index contributed by atoms with van der Waals surface area (Å²) in [5.41, 5.74) is 2.97. The highest BCUT2D eigenvalue weighted by Gasteiger charge is 2.14. The molecule has 0 N–H and O–H groups in total. The second kappa shape index (κ2) is 5.11. The highest BCUT2D eigenvalue weighted by molar-refractivity contribution is 9.10. The summed E-state index contributed by atoms with van der Waals surface area (Å²) in [6.07, 6.45) is 4.08. The second-order valence-corrected chi connectivity index (χ2v) is 5.51. The molecule has 1 aromatic heterocycles. The zero-order valence-corrected chi connectivity index (χ0v) is 11.7. The maximum atomic E-state index is 4.49.